The fourth-order valence-electron chi connectivity index (χ4n) is 3.66. The molecule has 2 aromatic heterocycles. The Morgan fingerprint density at radius 2 is 2.12 bits per heavy atom. The molecule has 1 fully saturated rings. The van der Waals surface area contributed by atoms with Crippen LogP contribution in [0.2, 0.25) is 0 Å². The van der Waals surface area contributed by atoms with Gasteiger partial charge in [-0.3, -0.25) is 0 Å². The fourth-order valence-corrected chi connectivity index (χ4v) is 3.66. The first-order chi connectivity index (χ1) is 11.6. The summed E-state index contributed by atoms with van der Waals surface area (Å²) >= 11 is 0. The van der Waals surface area contributed by atoms with Gasteiger partial charge in [0.25, 0.3) is 0 Å². The normalized spacial score (nSPS) is 18.4. The van der Waals surface area contributed by atoms with Crippen molar-refractivity contribution in [2.45, 2.75) is 65.3 Å². The molecule has 0 aliphatic carbocycles. The van der Waals surface area contributed by atoms with Crippen LogP contribution in [0.3, 0.4) is 0 Å². The van der Waals surface area contributed by atoms with Crippen LogP contribution < -0.4 is 4.90 Å². The number of rotatable bonds is 5. The number of nitrogens with zero attached hydrogens (tertiary/aromatic N) is 5. The van der Waals surface area contributed by atoms with Crippen LogP contribution in [0.4, 0.5) is 5.82 Å². The summed E-state index contributed by atoms with van der Waals surface area (Å²) in [7, 11) is 0. The minimum Gasteiger partial charge on any atom is -0.356 e. The maximum Gasteiger partial charge on any atom is 0.135 e. The molecule has 0 saturated carbocycles. The average Bonchev–Trinajstić information content (AvgIpc) is 3.07. The summed E-state index contributed by atoms with van der Waals surface area (Å²) in [5, 5.41) is 0. The van der Waals surface area contributed by atoms with Gasteiger partial charge in [0, 0.05) is 49.2 Å². The Bertz CT molecular complexity index is 676. The Balaban J connectivity index is 1.86. The fraction of sp³-hybridized carbons (Fsp3) is 0.632. The van der Waals surface area contributed by atoms with E-state index in [1.807, 2.05) is 19.3 Å². The number of aromatic nitrogens is 4. The van der Waals surface area contributed by atoms with Crippen molar-refractivity contribution in [3.8, 4) is 0 Å². The van der Waals surface area contributed by atoms with E-state index in [9.17, 15) is 0 Å². The van der Waals surface area contributed by atoms with Gasteiger partial charge in [-0.05, 0) is 40.0 Å². The minimum absolute atomic E-state index is 0.454. The first-order valence-electron chi connectivity index (χ1n) is 9.20. The number of anilines is 1. The molecular formula is C19H29N5. The Kier molecular flexibility index (Phi) is 5.17. The molecule has 0 spiro atoms. The highest BCUT2D eigenvalue weighted by Gasteiger charge is 2.27. The van der Waals surface area contributed by atoms with E-state index in [0.717, 1.165) is 37.6 Å². The van der Waals surface area contributed by atoms with Gasteiger partial charge >= 0.3 is 0 Å². The van der Waals surface area contributed by atoms with Crippen LogP contribution in [0, 0.1) is 6.92 Å². The predicted molar refractivity (Wildman–Crippen MR) is 97.6 cm³/mol. The van der Waals surface area contributed by atoms with E-state index >= 15 is 0 Å². The van der Waals surface area contributed by atoms with Crippen molar-refractivity contribution in [1.29, 1.82) is 0 Å². The van der Waals surface area contributed by atoms with Crippen molar-refractivity contribution < 1.29 is 0 Å². The molecule has 24 heavy (non-hydrogen) atoms. The summed E-state index contributed by atoms with van der Waals surface area (Å²) in [4.78, 5) is 16.3. The molecule has 0 radical (unpaired) electrons. The summed E-state index contributed by atoms with van der Waals surface area (Å²) in [5.41, 5.74) is 1.27. The van der Waals surface area contributed by atoms with Gasteiger partial charge in [-0.15, -0.1) is 0 Å². The van der Waals surface area contributed by atoms with Gasteiger partial charge in [0.15, 0.2) is 0 Å². The first-order valence-corrected chi connectivity index (χ1v) is 9.20. The Labute approximate surface area is 145 Å². The maximum atomic E-state index is 4.78. The number of piperidine rings is 1. The standard InChI is InChI=1S/C19H29N5/c1-5-7-16-12-21-15(4)22-19(16)23-10-6-8-17(13-23)18-20-9-11-24(18)14(2)3/h9,11-12,14,17H,5-8,10,13H2,1-4H3. The van der Waals surface area contributed by atoms with E-state index in [-0.39, 0.29) is 0 Å². The van der Waals surface area contributed by atoms with Gasteiger partial charge in [-0.25, -0.2) is 15.0 Å². The number of aryl methyl sites for hydroxylation is 2. The molecule has 1 atom stereocenters. The SMILES string of the molecule is CCCc1cnc(C)nc1N1CCCC(c2nccn2C(C)C)C1. The molecule has 0 amide bonds. The first kappa shape index (κ1) is 16.9. The van der Waals surface area contributed by atoms with E-state index in [2.05, 4.69) is 46.4 Å². The number of imidazole rings is 1. The highest BCUT2D eigenvalue weighted by Crippen LogP contribution is 2.31. The van der Waals surface area contributed by atoms with Gasteiger partial charge in [0.2, 0.25) is 0 Å². The van der Waals surface area contributed by atoms with E-state index < -0.39 is 0 Å². The van der Waals surface area contributed by atoms with Crippen LogP contribution >= 0.6 is 0 Å². The zero-order valence-corrected chi connectivity index (χ0v) is 15.4. The van der Waals surface area contributed by atoms with E-state index in [4.69, 9.17) is 4.98 Å². The summed E-state index contributed by atoms with van der Waals surface area (Å²) < 4.78 is 2.31. The zero-order chi connectivity index (χ0) is 17.1. The molecule has 3 rings (SSSR count). The molecule has 0 N–H and O–H groups in total. The summed E-state index contributed by atoms with van der Waals surface area (Å²) in [6.07, 6.45) is 10.6. The lowest BCUT2D eigenvalue weighted by Crippen LogP contribution is -2.37. The van der Waals surface area contributed by atoms with E-state index in [1.165, 1.54) is 24.2 Å². The molecular weight excluding hydrogens is 298 g/mol. The van der Waals surface area contributed by atoms with Gasteiger partial charge < -0.3 is 9.47 Å². The summed E-state index contributed by atoms with van der Waals surface area (Å²) in [6.45, 7) is 10.7. The molecule has 1 aliphatic rings. The highest BCUT2D eigenvalue weighted by atomic mass is 15.2. The quantitative estimate of drug-likeness (QED) is 0.835. The van der Waals surface area contributed by atoms with Gasteiger partial charge in [-0.1, -0.05) is 13.3 Å². The lowest BCUT2D eigenvalue weighted by molar-refractivity contribution is 0.452. The Hall–Kier alpha value is -1.91. The summed E-state index contributed by atoms with van der Waals surface area (Å²) in [5.74, 6) is 3.69. The summed E-state index contributed by atoms with van der Waals surface area (Å²) in [6, 6.07) is 0.454. The van der Waals surface area contributed by atoms with Crippen molar-refractivity contribution >= 4 is 5.82 Å². The molecule has 0 bridgehead atoms. The molecule has 2 aromatic rings. The van der Waals surface area contributed by atoms with Crippen molar-refractivity contribution in [3.63, 3.8) is 0 Å². The molecule has 0 aromatic carbocycles. The molecule has 1 aliphatic heterocycles. The van der Waals surface area contributed by atoms with Crippen LogP contribution in [0.5, 0.6) is 0 Å². The Morgan fingerprint density at radius 1 is 1.29 bits per heavy atom. The third-order valence-electron chi connectivity index (χ3n) is 4.82. The minimum atomic E-state index is 0.454. The lowest BCUT2D eigenvalue weighted by Gasteiger charge is -2.35. The van der Waals surface area contributed by atoms with Gasteiger partial charge in [0.1, 0.15) is 17.5 Å². The van der Waals surface area contributed by atoms with Crippen molar-refractivity contribution in [2.75, 3.05) is 18.0 Å². The predicted octanol–water partition coefficient (Wildman–Crippen LogP) is 3.90. The third-order valence-corrected chi connectivity index (χ3v) is 4.82. The van der Waals surface area contributed by atoms with Gasteiger partial charge in [0.05, 0.1) is 0 Å². The number of hydrogen-bond donors (Lipinski definition) is 0. The molecule has 1 unspecified atom stereocenters. The molecule has 130 valence electrons. The van der Waals surface area contributed by atoms with Crippen LogP contribution in [-0.4, -0.2) is 32.6 Å². The largest absolute Gasteiger partial charge is 0.356 e. The van der Waals surface area contributed by atoms with E-state index in [1.54, 1.807) is 0 Å². The maximum absolute atomic E-state index is 4.78. The second-order valence-electron chi connectivity index (χ2n) is 7.09. The van der Waals surface area contributed by atoms with Crippen LogP contribution in [0.25, 0.3) is 0 Å². The molecule has 5 nitrogen and oxygen atoms in total. The smallest absolute Gasteiger partial charge is 0.135 e. The van der Waals surface area contributed by atoms with Crippen molar-refractivity contribution in [3.05, 3.63) is 35.8 Å². The van der Waals surface area contributed by atoms with Crippen LogP contribution in [-0.2, 0) is 6.42 Å². The number of hydrogen-bond acceptors (Lipinski definition) is 4. The van der Waals surface area contributed by atoms with Crippen LogP contribution in [0.15, 0.2) is 18.6 Å². The third kappa shape index (κ3) is 3.45. The highest BCUT2D eigenvalue weighted by molar-refractivity contribution is 5.47. The van der Waals surface area contributed by atoms with E-state index in [0.29, 0.717) is 12.0 Å². The van der Waals surface area contributed by atoms with Crippen molar-refractivity contribution in [2.24, 2.45) is 0 Å². The monoisotopic (exact) mass is 327 g/mol. The second kappa shape index (κ2) is 7.32. The second-order valence-corrected chi connectivity index (χ2v) is 7.09. The van der Waals surface area contributed by atoms with Gasteiger partial charge in [-0.2, -0.15) is 0 Å². The van der Waals surface area contributed by atoms with Crippen LogP contribution in [0.1, 0.15) is 69.2 Å². The molecule has 1 saturated heterocycles. The Morgan fingerprint density at radius 3 is 2.88 bits per heavy atom. The zero-order valence-electron chi connectivity index (χ0n) is 15.4. The lowest BCUT2D eigenvalue weighted by atomic mass is 9.96. The molecule has 3 heterocycles. The van der Waals surface area contributed by atoms with Crippen molar-refractivity contribution in [1.82, 2.24) is 19.5 Å². The molecule has 5 heteroatoms. The average molecular weight is 327 g/mol. The topological polar surface area (TPSA) is 46.8 Å².